The summed E-state index contributed by atoms with van der Waals surface area (Å²) < 4.78 is 15.4. The van der Waals surface area contributed by atoms with Gasteiger partial charge in [-0.05, 0) is 52.0 Å². The Morgan fingerprint density at radius 2 is 1.55 bits per heavy atom. The number of carbonyl (C=O) groups excluding carboxylic acids is 6. The van der Waals surface area contributed by atoms with E-state index in [4.69, 9.17) is 14.2 Å². The molecule has 2 aliphatic rings. The minimum absolute atomic E-state index is 0.168. The van der Waals surface area contributed by atoms with E-state index in [2.05, 4.69) is 5.32 Å². The molecule has 0 aliphatic carbocycles. The maximum absolute atomic E-state index is 14.4. The third-order valence-corrected chi connectivity index (χ3v) is 8.62. The maximum atomic E-state index is 14.4. The molecular formula is C32H45N3O9. The largest absolute Gasteiger partial charge is 0.467 e. The smallest absolute Gasteiger partial charge is 0.332 e. The summed E-state index contributed by atoms with van der Waals surface area (Å²) >= 11 is 0. The lowest BCUT2D eigenvalue weighted by Gasteiger charge is -2.41. The van der Waals surface area contributed by atoms with Gasteiger partial charge in [-0.25, -0.2) is 4.79 Å². The molecule has 44 heavy (non-hydrogen) atoms. The summed E-state index contributed by atoms with van der Waals surface area (Å²) in [5.74, 6) is -3.83. The molecule has 242 valence electrons. The highest BCUT2D eigenvalue weighted by molar-refractivity contribution is 5.97. The van der Waals surface area contributed by atoms with Gasteiger partial charge in [-0.15, -0.1) is 0 Å². The number of nitrogens with zero attached hydrogens (tertiary/aromatic N) is 2. The lowest BCUT2D eigenvalue weighted by atomic mass is 9.85. The van der Waals surface area contributed by atoms with E-state index in [1.54, 1.807) is 18.7 Å². The second kappa shape index (κ2) is 14.7. The van der Waals surface area contributed by atoms with Crippen LogP contribution in [0.5, 0.6) is 0 Å². The van der Waals surface area contributed by atoms with Crippen LogP contribution >= 0.6 is 0 Å². The van der Waals surface area contributed by atoms with E-state index < -0.39 is 59.6 Å². The minimum Gasteiger partial charge on any atom is -0.467 e. The van der Waals surface area contributed by atoms with E-state index in [1.165, 1.54) is 32.8 Å². The van der Waals surface area contributed by atoms with E-state index >= 15 is 0 Å². The van der Waals surface area contributed by atoms with Crippen molar-refractivity contribution in [2.75, 3.05) is 20.2 Å². The summed E-state index contributed by atoms with van der Waals surface area (Å²) in [6.07, 6.45) is 0.320. The number of aryl methyl sites for hydroxylation is 1. The van der Waals surface area contributed by atoms with Gasteiger partial charge < -0.3 is 29.3 Å². The Morgan fingerprint density at radius 1 is 0.932 bits per heavy atom. The van der Waals surface area contributed by atoms with Crippen molar-refractivity contribution in [3.8, 4) is 0 Å². The Hall–Kier alpha value is -3.96. The zero-order valence-corrected chi connectivity index (χ0v) is 26.7. The van der Waals surface area contributed by atoms with Gasteiger partial charge in [0, 0.05) is 33.4 Å². The molecule has 0 spiro atoms. The van der Waals surface area contributed by atoms with Crippen LogP contribution in [0.25, 0.3) is 0 Å². The molecule has 1 N–H and O–H groups in total. The monoisotopic (exact) mass is 615 g/mol. The Bertz CT molecular complexity index is 1250. The van der Waals surface area contributed by atoms with Crippen molar-refractivity contribution >= 4 is 35.6 Å². The van der Waals surface area contributed by atoms with E-state index in [0.717, 1.165) is 11.1 Å². The average molecular weight is 616 g/mol. The fraction of sp³-hybridized carbons (Fsp3) is 0.625. The Morgan fingerprint density at radius 3 is 2.14 bits per heavy atom. The fourth-order valence-electron chi connectivity index (χ4n) is 6.14. The molecule has 1 aromatic rings. The van der Waals surface area contributed by atoms with Gasteiger partial charge in [-0.3, -0.25) is 24.0 Å². The lowest BCUT2D eigenvalue weighted by Crippen LogP contribution is -2.64. The molecule has 0 radical (unpaired) electrons. The van der Waals surface area contributed by atoms with E-state index in [1.807, 2.05) is 31.2 Å². The van der Waals surface area contributed by atoms with Gasteiger partial charge in [0.05, 0.1) is 13.0 Å². The van der Waals surface area contributed by atoms with Crippen molar-refractivity contribution in [3.05, 3.63) is 35.4 Å². The predicted octanol–water partition coefficient (Wildman–Crippen LogP) is 2.09. The maximum Gasteiger partial charge on any atom is 0.332 e. The molecule has 1 aromatic carbocycles. The quantitative estimate of drug-likeness (QED) is 0.292. The molecule has 0 aromatic heterocycles. The van der Waals surface area contributed by atoms with Crippen molar-refractivity contribution in [2.24, 2.45) is 5.92 Å². The van der Waals surface area contributed by atoms with E-state index in [0.29, 0.717) is 32.2 Å². The lowest BCUT2D eigenvalue weighted by molar-refractivity contribution is -0.160. The Labute approximate surface area is 258 Å². The van der Waals surface area contributed by atoms with Crippen LogP contribution in [0.3, 0.4) is 0 Å². The Kier molecular flexibility index (Phi) is 11.5. The normalized spacial score (nSPS) is 22.4. The van der Waals surface area contributed by atoms with Gasteiger partial charge in [0.15, 0.2) is 6.04 Å². The molecule has 0 saturated carbocycles. The van der Waals surface area contributed by atoms with Crippen molar-refractivity contribution in [3.63, 3.8) is 0 Å². The molecule has 0 bridgehead atoms. The molecular weight excluding hydrogens is 570 g/mol. The van der Waals surface area contributed by atoms with Crippen LogP contribution in [0.1, 0.15) is 71.4 Å². The highest BCUT2D eigenvalue weighted by atomic mass is 16.6. The van der Waals surface area contributed by atoms with Gasteiger partial charge >= 0.3 is 17.9 Å². The number of likely N-dealkylation sites (tertiary alicyclic amines) is 2. The van der Waals surface area contributed by atoms with Gasteiger partial charge in [0.25, 0.3) is 0 Å². The summed E-state index contributed by atoms with van der Waals surface area (Å²) in [4.78, 5) is 81.2. The number of esters is 3. The highest BCUT2D eigenvalue weighted by Gasteiger charge is 2.53. The van der Waals surface area contributed by atoms with Gasteiger partial charge in [-0.1, -0.05) is 36.8 Å². The first-order valence-electron chi connectivity index (χ1n) is 15.1. The highest BCUT2D eigenvalue weighted by Crippen LogP contribution is 2.36. The summed E-state index contributed by atoms with van der Waals surface area (Å²) in [6, 6.07) is 5.53. The number of carbonyl (C=O) groups is 6. The van der Waals surface area contributed by atoms with Gasteiger partial charge in [-0.2, -0.15) is 0 Å². The zero-order valence-electron chi connectivity index (χ0n) is 26.7. The first-order chi connectivity index (χ1) is 20.7. The standard InChI is InChI=1S/C32H45N3O9/c1-19-11-13-25(14-12-19)18-32(31(41)33-27(30(40)42-7)22(4)44-24(6)37)15-9-17-35(32)29(39)26-10-8-16-34(26)28(38)20(2)21(3)43-23(5)36/h11-14,20-22,26-27H,8-10,15-18H2,1-7H3,(H,33,41)/t20?,21-,22-,26+,27+,32?/m1/s1. The van der Waals surface area contributed by atoms with Crippen LogP contribution in [-0.2, 0) is 49.4 Å². The average Bonchev–Trinajstić information content (AvgIpc) is 3.63. The number of rotatable bonds is 11. The van der Waals surface area contributed by atoms with Crippen molar-refractivity contribution in [2.45, 2.75) is 103 Å². The molecule has 12 heteroatoms. The Balaban J connectivity index is 1.98. The fourth-order valence-corrected chi connectivity index (χ4v) is 6.14. The molecule has 2 aliphatic heterocycles. The topological polar surface area (TPSA) is 149 Å². The van der Waals surface area contributed by atoms with Crippen LogP contribution in [0.2, 0.25) is 0 Å². The number of benzene rings is 1. The molecule has 3 rings (SSSR count). The number of hydrogen-bond acceptors (Lipinski definition) is 9. The van der Waals surface area contributed by atoms with Crippen LogP contribution in [0, 0.1) is 12.8 Å². The second-order valence-electron chi connectivity index (χ2n) is 11.9. The number of amides is 3. The molecule has 12 nitrogen and oxygen atoms in total. The summed E-state index contributed by atoms with van der Waals surface area (Å²) in [5, 5.41) is 2.73. The molecule has 2 heterocycles. The molecule has 3 amide bonds. The summed E-state index contributed by atoms with van der Waals surface area (Å²) in [5.41, 5.74) is 0.462. The molecule has 2 unspecified atom stereocenters. The first-order valence-corrected chi connectivity index (χ1v) is 15.1. The van der Waals surface area contributed by atoms with Crippen molar-refractivity contribution < 1.29 is 43.0 Å². The van der Waals surface area contributed by atoms with E-state index in [9.17, 15) is 28.8 Å². The van der Waals surface area contributed by atoms with Gasteiger partial charge in [0.1, 0.15) is 23.8 Å². The van der Waals surface area contributed by atoms with Crippen LogP contribution in [-0.4, -0.2) is 95.5 Å². The van der Waals surface area contributed by atoms with Crippen LogP contribution < -0.4 is 5.32 Å². The predicted molar refractivity (Wildman–Crippen MR) is 159 cm³/mol. The molecule has 2 saturated heterocycles. The third-order valence-electron chi connectivity index (χ3n) is 8.62. The summed E-state index contributed by atoms with van der Waals surface area (Å²) in [7, 11) is 1.17. The van der Waals surface area contributed by atoms with E-state index in [-0.39, 0.29) is 24.8 Å². The van der Waals surface area contributed by atoms with Crippen molar-refractivity contribution in [1.82, 2.24) is 15.1 Å². The van der Waals surface area contributed by atoms with Crippen molar-refractivity contribution in [1.29, 1.82) is 0 Å². The number of hydrogen-bond donors (Lipinski definition) is 1. The van der Waals surface area contributed by atoms with Gasteiger partial charge in [0.2, 0.25) is 17.7 Å². The minimum atomic E-state index is -1.39. The van der Waals surface area contributed by atoms with Crippen LogP contribution in [0.4, 0.5) is 0 Å². The summed E-state index contributed by atoms with van der Waals surface area (Å²) in [6.45, 7) is 9.85. The number of ether oxygens (including phenoxy) is 3. The SMILES string of the molecule is COC(=O)[C@@H](NC(=O)C1(Cc2ccc(C)cc2)CCCN1C(=O)[C@@H]1CCCN1C(=O)C(C)[C@@H](C)OC(C)=O)[C@@H](C)OC(C)=O. The molecule has 6 atom stereocenters. The third kappa shape index (κ3) is 7.75. The number of nitrogens with one attached hydrogen (secondary N) is 1. The first kappa shape index (κ1) is 34.5. The second-order valence-corrected chi connectivity index (χ2v) is 11.9. The zero-order chi connectivity index (χ0) is 32.8. The van der Waals surface area contributed by atoms with Crippen LogP contribution in [0.15, 0.2) is 24.3 Å². The molecule has 2 fully saturated rings. The number of methoxy groups -OCH3 is 1.